The molecule has 0 bridgehead atoms. The summed E-state index contributed by atoms with van der Waals surface area (Å²) in [7, 11) is 0. The van der Waals surface area contributed by atoms with Crippen LogP contribution in [0.2, 0.25) is 5.02 Å². The van der Waals surface area contributed by atoms with E-state index in [1.807, 2.05) is 26.8 Å². The van der Waals surface area contributed by atoms with Crippen LogP contribution in [0.15, 0.2) is 36.7 Å². The van der Waals surface area contributed by atoms with Gasteiger partial charge in [0.2, 0.25) is 0 Å². The van der Waals surface area contributed by atoms with E-state index in [2.05, 4.69) is 25.5 Å². The van der Waals surface area contributed by atoms with Gasteiger partial charge in [0.1, 0.15) is 23.6 Å². The number of hydrogen-bond acceptors (Lipinski definition) is 9. The molecule has 0 unspecified atom stereocenters. The minimum absolute atomic E-state index is 0.00879. The maximum absolute atomic E-state index is 13.7. The quantitative estimate of drug-likeness (QED) is 0.263. The number of alkyl carbamates (subject to hydrolysis) is 1. The van der Waals surface area contributed by atoms with E-state index in [4.69, 9.17) is 30.5 Å². The largest absolute Gasteiger partial charge is 0.490 e. The molecule has 0 spiro atoms. The van der Waals surface area contributed by atoms with Gasteiger partial charge in [0.15, 0.2) is 11.5 Å². The molecule has 1 aliphatic rings. The van der Waals surface area contributed by atoms with Crippen molar-refractivity contribution >= 4 is 40.1 Å². The highest BCUT2D eigenvalue weighted by Gasteiger charge is 2.17. The Bertz CT molecular complexity index is 1320. The molecule has 222 valence electrons. The van der Waals surface area contributed by atoms with E-state index < -0.39 is 17.5 Å². The molecule has 0 saturated carbocycles. The van der Waals surface area contributed by atoms with Gasteiger partial charge in [-0.3, -0.25) is 4.90 Å². The van der Waals surface area contributed by atoms with E-state index in [1.165, 1.54) is 18.5 Å². The summed E-state index contributed by atoms with van der Waals surface area (Å²) in [5, 5.41) is 6.63. The molecule has 0 radical (unpaired) electrons. The standard InChI is InChI=1S/C29H37ClFN5O5/c1-29(2,3)41-28(37)32-8-4-12-39-26-18-24-21(17-25(26)40-13-5-9-36-10-14-38-15-11-36)27(34-19-33-24)35-20-6-7-23(31)22(30)16-20/h6-7,16-19H,4-5,8-15H2,1-3H3,(H,32,37)(H,33,34,35). The van der Waals surface area contributed by atoms with Gasteiger partial charge in [-0.2, -0.15) is 0 Å². The first-order valence-corrected chi connectivity index (χ1v) is 14.1. The van der Waals surface area contributed by atoms with Crippen LogP contribution in [0.4, 0.5) is 20.7 Å². The lowest BCUT2D eigenvalue weighted by molar-refractivity contribution is 0.0357. The molecule has 0 atom stereocenters. The maximum atomic E-state index is 13.7. The van der Waals surface area contributed by atoms with Crippen molar-refractivity contribution < 1.29 is 28.1 Å². The number of nitrogens with zero attached hydrogens (tertiary/aromatic N) is 3. The summed E-state index contributed by atoms with van der Waals surface area (Å²) in [6, 6.07) is 8.02. The van der Waals surface area contributed by atoms with E-state index in [0.29, 0.717) is 60.1 Å². The number of carbonyl (C=O) groups excluding carboxylic acids is 1. The summed E-state index contributed by atoms with van der Waals surface area (Å²) in [6.45, 7) is 10.9. The van der Waals surface area contributed by atoms with Gasteiger partial charge in [-0.25, -0.2) is 19.2 Å². The van der Waals surface area contributed by atoms with Crippen molar-refractivity contribution in [2.75, 3.05) is 57.9 Å². The smallest absolute Gasteiger partial charge is 0.407 e. The van der Waals surface area contributed by atoms with E-state index in [9.17, 15) is 9.18 Å². The van der Waals surface area contributed by atoms with Gasteiger partial charge < -0.3 is 29.6 Å². The van der Waals surface area contributed by atoms with E-state index >= 15 is 0 Å². The number of rotatable bonds is 12. The molecule has 2 heterocycles. The van der Waals surface area contributed by atoms with Crippen LogP contribution in [0.5, 0.6) is 11.5 Å². The van der Waals surface area contributed by atoms with Crippen LogP contribution in [-0.4, -0.2) is 79.2 Å². The number of anilines is 2. The van der Waals surface area contributed by atoms with Gasteiger partial charge >= 0.3 is 6.09 Å². The monoisotopic (exact) mass is 589 g/mol. The highest BCUT2D eigenvalue weighted by molar-refractivity contribution is 6.31. The molecule has 2 N–H and O–H groups in total. The molecule has 1 fully saturated rings. The van der Waals surface area contributed by atoms with Gasteiger partial charge in [-0.15, -0.1) is 0 Å². The molecule has 1 amide bonds. The second-order valence-electron chi connectivity index (χ2n) is 10.6. The highest BCUT2D eigenvalue weighted by Crippen LogP contribution is 2.35. The molecule has 10 nitrogen and oxygen atoms in total. The molecule has 0 aliphatic carbocycles. The van der Waals surface area contributed by atoms with E-state index in [1.54, 1.807) is 12.1 Å². The summed E-state index contributed by atoms with van der Waals surface area (Å²) < 4.78 is 36.6. The van der Waals surface area contributed by atoms with Crippen LogP contribution in [0.1, 0.15) is 33.6 Å². The van der Waals surface area contributed by atoms with Crippen LogP contribution in [0.3, 0.4) is 0 Å². The molecule has 4 rings (SSSR count). The Labute approximate surface area is 244 Å². The fourth-order valence-electron chi connectivity index (χ4n) is 4.15. The normalized spacial score (nSPS) is 14.1. The SMILES string of the molecule is CC(C)(C)OC(=O)NCCCOc1cc2ncnc(Nc3ccc(F)c(Cl)c3)c2cc1OCCCN1CCOCC1. The fraction of sp³-hybridized carbons (Fsp3) is 0.483. The first-order chi connectivity index (χ1) is 19.7. The fourth-order valence-corrected chi connectivity index (χ4v) is 4.33. The molecule has 12 heteroatoms. The minimum atomic E-state index is -0.557. The summed E-state index contributed by atoms with van der Waals surface area (Å²) in [5.74, 6) is 1.11. The van der Waals surface area contributed by atoms with Gasteiger partial charge in [0.25, 0.3) is 0 Å². The summed E-state index contributed by atoms with van der Waals surface area (Å²) >= 11 is 5.96. The van der Waals surface area contributed by atoms with Crippen molar-refractivity contribution in [3.8, 4) is 11.5 Å². The number of fused-ring (bicyclic) bond motifs is 1. The summed E-state index contributed by atoms with van der Waals surface area (Å²) in [4.78, 5) is 23.1. The van der Waals surface area contributed by atoms with Crippen molar-refractivity contribution in [2.45, 2.75) is 39.2 Å². The van der Waals surface area contributed by atoms with Crippen LogP contribution >= 0.6 is 11.6 Å². The maximum Gasteiger partial charge on any atom is 0.407 e. The number of ether oxygens (including phenoxy) is 4. The Hall–Kier alpha value is -3.41. The van der Waals surface area contributed by atoms with Crippen molar-refractivity contribution in [2.24, 2.45) is 0 Å². The molecule has 3 aromatic rings. The van der Waals surface area contributed by atoms with Crippen molar-refractivity contribution in [1.82, 2.24) is 20.2 Å². The highest BCUT2D eigenvalue weighted by atomic mass is 35.5. The van der Waals surface area contributed by atoms with Gasteiger partial charge in [0, 0.05) is 43.3 Å². The zero-order valence-electron chi connectivity index (χ0n) is 23.7. The zero-order valence-corrected chi connectivity index (χ0v) is 24.4. The Balaban J connectivity index is 1.45. The molecular formula is C29H37ClFN5O5. The second-order valence-corrected chi connectivity index (χ2v) is 11.0. The van der Waals surface area contributed by atoms with Gasteiger partial charge in [0.05, 0.1) is 37.0 Å². The molecule has 41 heavy (non-hydrogen) atoms. The Morgan fingerprint density at radius 2 is 1.80 bits per heavy atom. The van der Waals surface area contributed by atoms with Crippen LogP contribution < -0.4 is 20.1 Å². The Morgan fingerprint density at radius 3 is 2.54 bits per heavy atom. The van der Waals surface area contributed by atoms with Crippen LogP contribution in [0, 0.1) is 5.82 Å². The third kappa shape index (κ3) is 9.58. The number of hydrogen-bond donors (Lipinski definition) is 2. The third-order valence-electron chi connectivity index (χ3n) is 6.11. The van der Waals surface area contributed by atoms with Crippen molar-refractivity contribution in [1.29, 1.82) is 0 Å². The van der Waals surface area contributed by atoms with E-state index in [0.717, 1.165) is 39.3 Å². The number of morpholine rings is 1. The lowest BCUT2D eigenvalue weighted by Gasteiger charge is -2.26. The average molecular weight is 590 g/mol. The molecule has 1 saturated heterocycles. The molecular weight excluding hydrogens is 553 g/mol. The predicted octanol–water partition coefficient (Wildman–Crippen LogP) is 5.56. The third-order valence-corrected chi connectivity index (χ3v) is 6.40. The molecule has 1 aromatic heterocycles. The number of halogens is 2. The van der Waals surface area contributed by atoms with Crippen molar-refractivity contribution in [3.05, 3.63) is 47.5 Å². The molecule has 1 aliphatic heterocycles. The predicted molar refractivity (Wildman–Crippen MR) is 156 cm³/mol. The number of nitrogens with one attached hydrogen (secondary N) is 2. The number of aromatic nitrogens is 2. The lowest BCUT2D eigenvalue weighted by Crippen LogP contribution is -2.37. The van der Waals surface area contributed by atoms with Crippen LogP contribution in [-0.2, 0) is 9.47 Å². The Morgan fingerprint density at radius 1 is 1.07 bits per heavy atom. The Kier molecular flexibility index (Phi) is 10.8. The van der Waals surface area contributed by atoms with Gasteiger partial charge in [-0.1, -0.05) is 11.6 Å². The topological polar surface area (TPSA) is 107 Å². The zero-order chi connectivity index (χ0) is 29.2. The first-order valence-electron chi connectivity index (χ1n) is 13.7. The van der Waals surface area contributed by atoms with E-state index in [-0.39, 0.29) is 5.02 Å². The summed E-state index contributed by atoms with van der Waals surface area (Å²) in [5.41, 5.74) is 0.665. The first kappa shape index (κ1) is 30.5. The average Bonchev–Trinajstić information content (AvgIpc) is 2.93. The van der Waals surface area contributed by atoms with Crippen LogP contribution in [0.25, 0.3) is 10.9 Å². The van der Waals surface area contributed by atoms with Crippen molar-refractivity contribution in [3.63, 3.8) is 0 Å². The molecule has 2 aromatic carbocycles. The lowest BCUT2D eigenvalue weighted by atomic mass is 10.2. The minimum Gasteiger partial charge on any atom is -0.490 e. The van der Waals surface area contributed by atoms with Gasteiger partial charge in [-0.05, 0) is 57.9 Å². The number of carbonyl (C=O) groups is 1. The summed E-state index contributed by atoms with van der Waals surface area (Å²) in [6.07, 6.45) is 2.37. The number of benzene rings is 2. The number of amides is 1. The second kappa shape index (κ2) is 14.5.